The Kier molecular flexibility index (Phi) is 9.85. The molecule has 0 spiro atoms. The van der Waals surface area contributed by atoms with Crippen LogP contribution in [0, 0.1) is 5.92 Å². The molecule has 2 aromatic carbocycles. The molecule has 0 aromatic heterocycles. The highest BCUT2D eigenvalue weighted by Crippen LogP contribution is 2.33. The Morgan fingerprint density at radius 2 is 1.74 bits per heavy atom. The molecule has 0 radical (unpaired) electrons. The van der Waals surface area contributed by atoms with Crippen LogP contribution in [0.2, 0.25) is 0 Å². The molecule has 0 saturated heterocycles. The lowest BCUT2D eigenvalue weighted by molar-refractivity contribution is -0.138. The van der Waals surface area contributed by atoms with E-state index in [1.165, 1.54) is 18.2 Å². The minimum Gasteiger partial charge on any atom is -0.481 e. The van der Waals surface area contributed by atoms with Crippen molar-refractivity contribution in [3.63, 3.8) is 0 Å². The summed E-state index contributed by atoms with van der Waals surface area (Å²) in [6.07, 6.45) is -3.24. The van der Waals surface area contributed by atoms with E-state index >= 15 is 0 Å². The smallest absolute Gasteiger partial charge is 0.416 e. The van der Waals surface area contributed by atoms with Crippen LogP contribution in [0.15, 0.2) is 47.4 Å². The summed E-state index contributed by atoms with van der Waals surface area (Å²) in [5.41, 5.74) is 1.34. The number of aryl methyl sites for hydroxylation is 1. The molecule has 7 nitrogen and oxygen atoms in total. The van der Waals surface area contributed by atoms with E-state index in [-0.39, 0.29) is 43.5 Å². The molecule has 0 amide bonds. The number of carboxylic acids is 1. The molecule has 3 N–H and O–H groups in total. The Morgan fingerprint density at radius 3 is 2.31 bits per heavy atom. The summed E-state index contributed by atoms with van der Waals surface area (Å²) >= 11 is 0. The number of carboxylic acid groups (broad SMARTS) is 1. The lowest BCUT2D eigenvalue weighted by atomic mass is 9.88. The Labute approximate surface area is 228 Å². The van der Waals surface area contributed by atoms with Gasteiger partial charge in [0.15, 0.2) is 0 Å². The Morgan fingerprint density at radius 1 is 1.13 bits per heavy atom. The molecular formula is C28H37F3N2O5S. The number of nitrogens with zero attached hydrogens (tertiary/aromatic N) is 1. The number of aliphatic carboxylic acids is 1. The van der Waals surface area contributed by atoms with E-state index in [9.17, 15) is 31.5 Å². The largest absolute Gasteiger partial charge is 0.481 e. The zero-order valence-electron chi connectivity index (χ0n) is 22.5. The van der Waals surface area contributed by atoms with Gasteiger partial charge in [0.25, 0.3) is 0 Å². The molecule has 1 atom stereocenters. The van der Waals surface area contributed by atoms with Gasteiger partial charge in [-0.05, 0) is 86.8 Å². The van der Waals surface area contributed by atoms with Crippen molar-refractivity contribution in [2.45, 2.75) is 75.1 Å². The van der Waals surface area contributed by atoms with Crippen LogP contribution in [0.5, 0.6) is 0 Å². The SMILES string of the molecule is CN(C[C@H](O)CNC(C)(C)CC1Cc2ccccc2C1)S(=O)(=O)c1cc(CCCC(=O)O)cc(C(F)(F)F)c1. The molecule has 0 bridgehead atoms. The first-order valence-corrected chi connectivity index (χ1v) is 14.4. The van der Waals surface area contributed by atoms with Crippen LogP contribution in [0.25, 0.3) is 0 Å². The maximum Gasteiger partial charge on any atom is 0.416 e. The summed E-state index contributed by atoms with van der Waals surface area (Å²) < 4.78 is 67.6. The predicted octanol–water partition coefficient (Wildman–Crippen LogP) is 4.27. The van der Waals surface area contributed by atoms with Crippen molar-refractivity contribution in [1.82, 2.24) is 9.62 Å². The number of aliphatic hydroxyl groups excluding tert-OH is 1. The summed E-state index contributed by atoms with van der Waals surface area (Å²) in [5.74, 6) is -0.635. The maximum absolute atomic E-state index is 13.5. The first kappa shape index (κ1) is 31.1. The van der Waals surface area contributed by atoms with Crippen molar-refractivity contribution in [1.29, 1.82) is 0 Å². The number of hydrogen-bond donors (Lipinski definition) is 3. The fraction of sp³-hybridized carbons (Fsp3) is 0.536. The fourth-order valence-electron chi connectivity index (χ4n) is 5.18. The summed E-state index contributed by atoms with van der Waals surface area (Å²) in [6, 6.07) is 10.9. The van der Waals surface area contributed by atoms with Gasteiger partial charge in [0, 0.05) is 32.1 Å². The van der Waals surface area contributed by atoms with Crippen molar-refractivity contribution in [3.05, 3.63) is 64.7 Å². The summed E-state index contributed by atoms with van der Waals surface area (Å²) in [6.45, 7) is 3.84. The van der Waals surface area contributed by atoms with Crippen molar-refractivity contribution < 1.29 is 36.6 Å². The average molecular weight is 571 g/mol. The highest BCUT2D eigenvalue weighted by Gasteiger charge is 2.34. The Bertz CT molecular complexity index is 1240. The highest BCUT2D eigenvalue weighted by atomic mass is 32.2. The molecule has 216 valence electrons. The first-order chi connectivity index (χ1) is 18.1. The average Bonchev–Trinajstić information content (AvgIpc) is 3.23. The van der Waals surface area contributed by atoms with Crippen molar-refractivity contribution in [2.24, 2.45) is 5.92 Å². The minimum atomic E-state index is -4.78. The van der Waals surface area contributed by atoms with E-state index in [4.69, 9.17) is 5.11 Å². The predicted molar refractivity (Wildman–Crippen MR) is 142 cm³/mol. The lowest BCUT2D eigenvalue weighted by Gasteiger charge is -2.31. The summed E-state index contributed by atoms with van der Waals surface area (Å²) in [7, 11) is -3.14. The van der Waals surface area contributed by atoms with Crippen molar-refractivity contribution >= 4 is 16.0 Å². The van der Waals surface area contributed by atoms with Crippen molar-refractivity contribution in [2.75, 3.05) is 20.1 Å². The number of likely N-dealkylation sites (N-methyl/N-ethyl adjacent to an activating group) is 1. The zero-order chi connectivity index (χ0) is 29.0. The Hall–Kier alpha value is -2.47. The van der Waals surface area contributed by atoms with Gasteiger partial charge in [-0.25, -0.2) is 8.42 Å². The highest BCUT2D eigenvalue weighted by molar-refractivity contribution is 7.89. The van der Waals surface area contributed by atoms with Gasteiger partial charge in [0.05, 0.1) is 16.6 Å². The van der Waals surface area contributed by atoms with Gasteiger partial charge < -0.3 is 15.5 Å². The van der Waals surface area contributed by atoms with Gasteiger partial charge in [0.1, 0.15) is 0 Å². The van der Waals surface area contributed by atoms with Crippen LogP contribution in [0.1, 0.15) is 55.4 Å². The van der Waals surface area contributed by atoms with E-state index in [0.717, 1.165) is 35.7 Å². The van der Waals surface area contributed by atoms with Gasteiger partial charge in [-0.1, -0.05) is 24.3 Å². The number of aliphatic hydroxyl groups is 1. The van der Waals surface area contributed by atoms with Crippen LogP contribution < -0.4 is 5.32 Å². The molecule has 0 saturated carbocycles. The molecule has 1 aliphatic carbocycles. The van der Waals surface area contributed by atoms with Gasteiger partial charge >= 0.3 is 12.1 Å². The minimum absolute atomic E-state index is 0.0177. The van der Waals surface area contributed by atoms with E-state index in [1.54, 1.807) is 0 Å². The van der Waals surface area contributed by atoms with E-state index < -0.39 is 38.7 Å². The van der Waals surface area contributed by atoms with Gasteiger partial charge in [-0.15, -0.1) is 0 Å². The molecule has 2 aromatic rings. The van der Waals surface area contributed by atoms with Crippen LogP contribution in [-0.2, 0) is 40.3 Å². The third-order valence-corrected chi connectivity index (χ3v) is 8.88. The molecule has 0 fully saturated rings. The number of hydrogen-bond acceptors (Lipinski definition) is 5. The monoisotopic (exact) mass is 570 g/mol. The van der Waals surface area contributed by atoms with Crippen LogP contribution in [-0.4, -0.2) is 60.7 Å². The summed E-state index contributed by atoms with van der Waals surface area (Å²) in [5, 5.41) is 22.7. The molecule has 1 aliphatic rings. The number of halogens is 3. The zero-order valence-corrected chi connectivity index (χ0v) is 23.3. The molecule has 11 heteroatoms. The van der Waals surface area contributed by atoms with Crippen molar-refractivity contribution in [3.8, 4) is 0 Å². The van der Waals surface area contributed by atoms with E-state index in [1.807, 2.05) is 26.0 Å². The van der Waals surface area contributed by atoms with Gasteiger partial charge in [0.2, 0.25) is 10.0 Å². The second kappa shape index (κ2) is 12.4. The molecule has 0 aliphatic heterocycles. The number of fused-ring (bicyclic) bond motifs is 1. The second-order valence-corrected chi connectivity index (χ2v) is 13.1. The standard InChI is InChI=1S/C28H37F3N2O5S/c1-27(2,16-20-11-21-8-4-5-9-22(21)12-20)32-17-24(34)18-33(3)39(37,38)25-14-19(7-6-10-26(35)36)13-23(15-25)28(29,30)31/h4-5,8-9,13-15,20,24,32,34H,6-7,10-12,16-18H2,1-3H3,(H,35,36)/t24-/m1/s1. The molecule has 0 heterocycles. The van der Waals surface area contributed by atoms with Crippen LogP contribution >= 0.6 is 0 Å². The van der Waals surface area contributed by atoms with Crippen LogP contribution in [0.4, 0.5) is 13.2 Å². The summed E-state index contributed by atoms with van der Waals surface area (Å²) in [4.78, 5) is 10.2. The fourth-order valence-corrected chi connectivity index (χ4v) is 6.49. The maximum atomic E-state index is 13.5. The number of alkyl halides is 3. The topological polar surface area (TPSA) is 107 Å². The number of nitrogens with one attached hydrogen (secondary N) is 1. The third-order valence-electron chi connectivity index (χ3n) is 7.08. The quantitative estimate of drug-likeness (QED) is 0.332. The Balaban J connectivity index is 1.62. The number of benzene rings is 2. The molecular weight excluding hydrogens is 533 g/mol. The van der Waals surface area contributed by atoms with Gasteiger partial charge in [-0.3, -0.25) is 4.79 Å². The molecule has 39 heavy (non-hydrogen) atoms. The molecule has 3 rings (SSSR count). The number of sulfonamides is 1. The first-order valence-electron chi connectivity index (χ1n) is 13.0. The van der Waals surface area contributed by atoms with E-state index in [0.29, 0.717) is 12.0 Å². The number of carbonyl (C=O) groups is 1. The molecule has 0 unspecified atom stereocenters. The normalized spacial score (nSPS) is 15.5. The third kappa shape index (κ3) is 8.76. The lowest BCUT2D eigenvalue weighted by Crippen LogP contribution is -2.47. The van der Waals surface area contributed by atoms with Gasteiger partial charge in [-0.2, -0.15) is 17.5 Å². The van der Waals surface area contributed by atoms with E-state index in [2.05, 4.69) is 17.4 Å². The second-order valence-electron chi connectivity index (χ2n) is 11.1. The van der Waals surface area contributed by atoms with Crippen LogP contribution in [0.3, 0.4) is 0 Å². The number of rotatable bonds is 13. The number of β-amino-alcohol motifs (C(OH)–C–C–N with tert-alkyl or cyclic N) is 1.